The van der Waals surface area contributed by atoms with Crippen molar-refractivity contribution in [1.82, 2.24) is 5.01 Å². The molecule has 1 amide bonds. The number of primary amides is 1. The lowest BCUT2D eigenvalue weighted by molar-refractivity contribution is -0.125. The summed E-state index contributed by atoms with van der Waals surface area (Å²) >= 11 is 1.63. The SMILES string of the molecule is N#CN1C(C(=O)CC(N)=O)=C2CSc3ccccc3C2N1c1ccccc1. The first-order valence-corrected chi connectivity index (χ1v) is 9.40. The number of hydrogen-bond donors (Lipinski definition) is 1. The number of thioether (sulfide) groups is 1. The van der Waals surface area contributed by atoms with Gasteiger partial charge in [-0.2, -0.15) is 10.3 Å². The van der Waals surface area contributed by atoms with Crippen molar-refractivity contribution in [2.45, 2.75) is 17.4 Å². The van der Waals surface area contributed by atoms with Crippen LogP contribution in [0.3, 0.4) is 0 Å². The average Bonchev–Trinajstić information content (AvgIpc) is 3.03. The number of anilines is 1. The minimum absolute atomic E-state index is 0.257. The maximum absolute atomic E-state index is 12.8. The third-order valence-corrected chi connectivity index (χ3v) is 5.76. The van der Waals surface area contributed by atoms with Crippen LogP contribution in [0.2, 0.25) is 0 Å². The number of hydrazine groups is 1. The van der Waals surface area contributed by atoms with Crippen molar-refractivity contribution in [3.05, 3.63) is 71.4 Å². The zero-order chi connectivity index (χ0) is 19.0. The molecule has 1 unspecified atom stereocenters. The monoisotopic (exact) mass is 376 g/mol. The van der Waals surface area contributed by atoms with Crippen molar-refractivity contribution in [3.63, 3.8) is 0 Å². The molecule has 27 heavy (non-hydrogen) atoms. The molecule has 0 saturated carbocycles. The quantitative estimate of drug-likeness (QED) is 0.652. The summed E-state index contributed by atoms with van der Waals surface area (Å²) in [6.07, 6.45) is 1.71. The van der Waals surface area contributed by atoms with E-state index in [1.807, 2.05) is 59.6 Å². The number of ketones is 1. The summed E-state index contributed by atoms with van der Waals surface area (Å²) in [6, 6.07) is 17.2. The zero-order valence-corrected chi connectivity index (χ0v) is 15.1. The van der Waals surface area contributed by atoms with E-state index >= 15 is 0 Å². The van der Waals surface area contributed by atoms with Crippen molar-refractivity contribution in [1.29, 1.82) is 5.26 Å². The van der Waals surface area contributed by atoms with Gasteiger partial charge >= 0.3 is 0 Å². The molecule has 2 aliphatic rings. The second kappa shape index (κ2) is 6.82. The predicted molar refractivity (Wildman–Crippen MR) is 102 cm³/mol. The van der Waals surface area contributed by atoms with Crippen LogP contribution in [0.5, 0.6) is 0 Å². The summed E-state index contributed by atoms with van der Waals surface area (Å²) in [5.41, 5.74) is 8.15. The Morgan fingerprint density at radius 3 is 2.56 bits per heavy atom. The van der Waals surface area contributed by atoms with E-state index in [0.717, 1.165) is 21.7 Å². The summed E-state index contributed by atoms with van der Waals surface area (Å²) in [6.45, 7) is 0. The number of Topliss-reactive ketones (excluding diaryl/α,β-unsaturated/α-hetero) is 1. The number of fused-ring (bicyclic) bond motifs is 3. The van der Waals surface area contributed by atoms with Gasteiger partial charge in [0.2, 0.25) is 12.1 Å². The lowest BCUT2D eigenvalue weighted by atomic mass is 9.96. The van der Waals surface area contributed by atoms with Crippen LogP contribution in [0, 0.1) is 11.5 Å². The molecule has 0 saturated heterocycles. The number of hydrogen-bond acceptors (Lipinski definition) is 6. The van der Waals surface area contributed by atoms with E-state index < -0.39 is 18.1 Å². The van der Waals surface area contributed by atoms with Crippen molar-refractivity contribution >= 4 is 29.1 Å². The van der Waals surface area contributed by atoms with Crippen molar-refractivity contribution in [3.8, 4) is 6.19 Å². The first-order valence-electron chi connectivity index (χ1n) is 8.42. The fourth-order valence-electron chi connectivity index (χ4n) is 3.58. The van der Waals surface area contributed by atoms with Crippen LogP contribution in [0.25, 0.3) is 0 Å². The Labute approximate surface area is 160 Å². The van der Waals surface area contributed by atoms with Crippen LogP contribution < -0.4 is 10.7 Å². The van der Waals surface area contributed by atoms with Crippen molar-refractivity contribution < 1.29 is 9.59 Å². The number of carbonyl (C=O) groups excluding carboxylic acids is 2. The maximum atomic E-state index is 12.8. The standard InChI is InChI=1S/C20H16N4O2S/c21-12-23-20(16(25)10-18(22)26)15-11-27-17-9-5-4-8-14(17)19(15)24(23)13-6-2-1-3-7-13/h1-9,19H,10-11H2,(H2,22,26). The average molecular weight is 376 g/mol. The van der Waals surface area contributed by atoms with Gasteiger partial charge in [0.05, 0.1) is 12.1 Å². The summed E-state index contributed by atoms with van der Waals surface area (Å²) in [7, 11) is 0. The van der Waals surface area contributed by atoms with Gasteiger partial charge in [0, 0.05) is 10.6 Å². The molecule has 2 N–H and O–H groups in total. The number of nitriles is 1. The number of amides is 1. The van der Waals surface area contributed by atoms with Gasteiger partial charge in [0.15, 0.2) is 5.78 Å². The lowest BCUT2D eigenvalue weighted by Gasteiger charge is -2.35. The van der Waals surface area contributed by atoms with Crippen LogP contribution >= 0.6 is 11.8 Å². The fourth-order valence-corrected chi connectivity index (χ4v) is 4.71. The molecule has 2 aromatic carbocycles. The largest absolute Gasteiger partial charge is 0.369 e. The molecule has 0 spiro atoms. The molecule has 0 fully saturated rings. The second-order valence-electron chi connectivity index (χ2n) is 6.26. The molecule has 0 aliphatic carbocycles. The molecule has 1 atom stereocenters. The highest BCUT2D eigenvalue weighted by molar-refractivity contribution is 7.99. The molecule has 0 aromatic heterocycles. The van der Waals surface area contributed by atoms with E-state index in [4.69, 9.17) is 5.73 Å². The number of carbonyl (C=O) groups is 2. The van der Waals surface area contributed by atoms with Crippen LogP contribution in [0.1, 0.15) is 18.0 Å². The molecule has 7 heteroatoms. The van der Waals surface area contributed by atoms with E-state index in [9.17, 15) is 14.9 Å². The summed E-state index contributed by atoms with van der Waals surface area (Å²) in [5.74, 6) is -0.560. The topological polar surface area (TPSA) is 90.4 Å². The first-order chi connectivity index (χ1) is 13.1. The Kier molecular flexibility index (Phi) is 4.34. The minimum atomic E-state index is -0.704. The first kappa shape index (κ1) is 17.2. The summed E-state index contributed by atoms with van der Waals surface area (Å²) in [4.78, 5) is 25.2. The fraction of sp³-hybridized carbons (Fsp3) is 0.150. The highest BCUT2D eigenvalue weighted by Crippen LogP contribution is 2.50. The Morgan fingerprint density at radius 1 is 1.15 bits per heavy atom. The van der Waals surface area contributed by atoms with Gasteiger partial charge in [-0.15, -0.1) is 11.8 Å². The van der Waals surface area contributed by atoms with E-state index in [2.05, 4.69) is 6.19 Å². The van der Waals surface area contributed by atoms with Gasteiger partial charge in [0.25, 0.3) is 0 Å². The van der Waals surface area contributed by atoms with Gasteiger partial charge < -0.3 is 5.73 Å². The van der Waals surface area contributed by atoms with Gasteiger partial charge in [-0.25, -0.2) is 0 Å². The Bertz CT molecular complexity index is 997. The molecule has 2 aliphatic heterocycles. The van der Waals surface area contributed by atoms with Crippen LogP contribution in [-0.2, 0) is 9.59 Å². The third-order valence-electron chi connectivity index (χ3n) is 4.62. The normalized spacial score (nSPS) is 18.0. The van der Waals surface area contributed by atoms with E-state index in [-0.39, 0.29) is 11.7 Å². The molecule has 2 aromatic rings. The highest BCUT2D eigenvalue weighted by atomic mass is 32.2. The second-order valence-corrected chi connectivity index (χ2v) is 7.28. The van der Waals surface area contributed by atoms with Crippen LogP contribution in [-0.4, -0.2) is 22.5 Å². The number of nitrogens with two attached hydrogens (primary N) is 1. The minimum Gasteiger partial charge on any atom is -0.369 e. The Hall–Kier alpha value is -3.24. The Balaban J connectivity index is 1.91. The van der Waals surface area contributed by atoms with Crippen LogP contribution in [0.15, 0.2) is 70.8 Å². The van der Waals surface area contributed by atoms with Gasteiger partial charge in [0.1, 0.15) is 11.7 Å². The number of allylic oxidation sites excluding steroid dienone is 1. The third kappa shape index (κ3) is 2.84. The molecule has 6 nitrogen and oxygen atoms in total. The zero-order valence-electron chi connectivity index (χ0n) is 14.3. The molecular weight excluding hydrogens is 360 g/mol. The van der Waals surface area contributed by atoms with Gasteiger partial charge in [-0.1, -0.05) is 36.4 Å². The highest BCUT2D eigenvalue weighted by Gasteiger charge is 2.45. The van der Waals surface area contributed by atoms with Gasteiger partial charge in [-0.05, 0) is 29.3 Å². The molecule has 2 heterocycles. The summed E-state index contributed by atoms with van der Waals surface area (Å²) in [5, 5.41) is 13.0. The lowest BCUT2D eigenvalue weighted by Crippen LogP contribution is -2.38. The van der Waals surface area contributed by atoms with Crippen molar-refractivity contribution in [2.75, 3.05) is 10.8 Å². The molecule has 4 rings (SSSR count). The number of rotatable bonds is 4. The molecular formula is C20H16N4O2S. The van der Waals surface area contributed by atoms with Crippen molar-refractivity contribution in [2.24, 2.45) is 5.73 Å². The molecule has 0 bridgehead atoms. The summed E-state index contributed by atoms with van der Waals surface area (Å²) < 4.78 is 0. The van der Waals surface area contributed by atoms with E-state index in [1.54, 1.807) is 11.8 Å². The maximum Gasteiger partial charge on any atom is 0.225 e. The van der Waals surface area contributed by atoms with E-state index in [1.165, 1.54) is 5.01 Å². The number of benzene rings is 2. The number of para-hydroxylation sites is 1. The van der Waals surface area contributed by atoms with Crippen LogP contribution in [0.4, 0.5) is 5.69 Å². The smallest absolute Gasteiger partial charge is 0.225 e. The number of nitrogens with zero attached hydrogens (tertiary/aromatic N) is 3. The van der Waals surface area contributed by atoms with Gasteiger partial charge in [-0.3, -0.25) is 14.6 Å². The molecule has 134 valence electrons. The molecule has 0 radical (unpaired) electrons. The van der Waals surface area contributed by atoms with E-state index in [0.29, 0.717) is 5.75 Å². The Morgan fingerprint density at radius 2 is 1.85 bits per heavy atom. The predicted octanol–water partition coefficient (Wildman–Crippen LogP) is 2.75.